The minimum atomic E-state index is -4.10. The van der Waals surface area contributed by atoms with Gasteiger partial charge in [-0.3, -0.25) is 0 Å². The lowest BCUT2D eigenvalue weighted by molar-refractivity contribution is -0.135. The average molecular weight is 244 g/mol. The van der Waals surface area contributed by atoms with Gasteiger partial charge in [-0.2, -0.15) is 8.42 Å². The molecule has 0 amide bonds. The highest BCUT2D eigenvalue weighted by Crippen LogP contribution is 2.11. The highest BCUT2D eigenvalue weighted by atomic mass is 32.2. The molecule has 4 N–H and O–H groups in total. The molecule has 0 fully saturated rings. The third-order valence-corrected chi connectivity index (χ3v) is 3.01. The molecule has 0 aromatic heterocycles. The van der Waals surface area contributed by atoms with Crippen molar-refractivity contribution in [2.24, 2.45) is 11.5 Å². The Morgan fingerprint density at radius 2 is 1.88 bits per heavy atom. The van der Waals surface area contributed by atoms with Crippen molar-refractivity contribution in [2.45, 2.75) is 10.9 Å². The first kappa shape index (κ1) is 12.6. The Morgan fingerprint density at radius 3 is 2.38 bits per heavy atom. The Kier molecular flexibility index (Phi) is 3.99. The van der Waals surface area contributed by atoms with Crippen molar-refractivity contribution in [1.29, 1.82) is 0 Å². The fourth-order valence-corrected chi connectivity index (χ4v) is 1.83. The molecule has 1 unspecified atom stereocenters. The zero-order chi connectivity index (χ0) is 12.2. The van der Waals surface area contributed by atoms with Crippen molar-refractivity contribution in [1.82, 2.24) is 0 Å². The largest absolute Gasteiger partial charge is 0.341 e. The second-order valence-electron chi connectivity index (χ2n) is 3.01. The summed E-state index contributed by atoms with van der Waals surface area (Å²) in [5.41, 5.74) is 10.3. The number of carbonyl (C=O) groups excluding carboxylic acids is 1. The van der Waals surface area contributed by atoms with Crippen LogP contribution in [0.1, 0.15) is 0 Å². The molecule has 0 heterocycles. The van der Waals surface area contributed by atoms with E-state index >= 15 is 0 Å². The Labute approximate surface area is 93.3 Å². The summed E-state index contributed by atoms with van der Waals surface area (Å²) in [5, 5.41) is 0. The highest BCUT2D eigenvalue weighted by molar-refractivity contribution is 7.87. The van der Waals surface area contributed by atoms with Gasteiger partial charge in [-0.15, -0.1) is 0 Å². The summed E-state index contributed by atoms with van der Waals surface area (Å²) in [6.45, 7) is -0.177. The van der Waals surface area contributed by atoms with Crippen LogP contribution in [0, 0.1) is 0 Å². The quantitative estimate of drug-likeness (QED) is 0.671. The minimum absolute atomic E-state index is 0.104. The SMILES string of the molecule is NCC(N)C(=O)OS(=O)(=O)c1ccccc1. The van der Waals surface area contributed by atoms with Crippen LogP contribution in [0.25, 0.3) is 0 Å². The summed E-state index contributed by atoms with van der Waals surface area (Å²) >= 11 is 0. The number of hydrogen-bond donors (Lipinski definition) is 2. The van der Waals surface area contributed by atoms with E-state index in [0.29, 0.717) is 0 Å². The fraction of sp³-hybridized carbons (Fsp3) is 0.222. The van der Waals surface area contributed by atoms with Crippen molar-refractivity contribution in [3.8, 4) is 0 Å². The van der Waals surface area contributed by atoms with Crippen molar-refractivity contribution in [2.75, 3.05) is 6.54 Å². The molecule has 1 rings (SSSR count). The van der Waals surface area contributed by atoms with E-state index in [1.807, 2.05) is 0 Å². The summed E-state index contributed by atoms with van der Waals surface area (Å²) in [6, 6.07) is 6.17. The summed E-state index contributed by atoms with van der Waals surface area (Å²) in [4.78, 5) is 11.1. The van der Waals surface area contributed by atoms with Crippen LogP contribution < -0.4 is 11.5 Å². The third kappa shape index (κ3) is 3.02. The number of nitrogens with two attached hydrogens (primary N) is 2. The zero-order valence-corrected chi connectivity index (χ0v) is 9.18. The van der Waals surface area contributed by atoms with E-state index in [1.54, 1.807) is 6.07 Å². The van der Waals surface area contributed by atoms with Gasteiger partial charge in [0, 0.05) is 6.54 Å². The smallest absolute Gasteiger partial charge is 0.340 e. The van der Waals surface area contributed by atoms with Crippen LogP contribution in [0.5, 0.6) is 0 Å². The maximum absolute atomic E-state index is 11.5. The van der Waals surface area contributed by atoms with E-state index in [1.165, 1.54) is 24.3 Å². The molecule has 0 radical (unpaired) electrons. The second-order valence-corrected chi connectivity index (χ2v) is 4.56. The summed E-state index contributed by atoms with van der Waals surface area (Å²) < 4.78 is 27.4. The van der Waals surface area contributed by atoms with Gasteiger partial charge in [-0.25, -0.2) is 4.79 Å². The lowest BCUT2D eigenvalue weighted by atomic mass is 10.3. The molecule has 1 aromatic carbocycles. The Hall–Kier alpha value is -1.44. The topological polar surface area (TPSA) is 112 Å². The van der Waals surface area contributed by atoms with E-state index in [4.69, 9.17) is 11.5 Å². The van der Waals surface area contributed by atoms with E-state index in [2.05, 4.69) is 4.18 Å². The first-order chi connectivity index (χ1) is 7.47. The molecule has 0 saturated carbocycles. The molecule has 16 heavy (non-hydrogen) atoms. The molecule has 7 heteroatoms. The van der Waals surface area contributed by atoms with Crippen LogP contribution >= 0.6 is 0 Å². The fourth-order valence-electron chi connectivity index (χ4n) is 0.901. The van der Waals surface area contributed by atoms with Gasteiger partial charge in [0.15, 0.2) is 0 Å². The van der Waals surface area contributed by atoms with Crippen LogP contribution in [0.2, 0.25) is 0 Å². The molecule has 6 nitrogen and oxygen atoms in total. The van der Waals surface area contributed by atoms with Crippen LogP contribution in [0.15, 0.2) is 35.2 Å². The third-order valence-electron chi connectivity index (χ3n) is 1.78. The molecular weight excluding hydrogens is 232 g/mol. The molecular formula is C9H12N2O4S. The van der Waals surface area contributed by atoms with Gasteiger partial charge in [0.25, 0.3) is 0 Å². The number of hydrogen-bond acceptors (Lipinski definition) is 6. The van der Waals surface area contributed by atoms with E-state index in [0.717, 1.165) is 0 Å². The van der Waals surface area contributed by atoms with Crippen LogP contribution in [-0.4, -0.2) is 27.0 Å². The maximum Gasteiger partial charge on any atom is 0.341 e. The molecule has 1 aromatic rings. The first-order valence-electron chi connectivity index (χ1n) is 4.46. The van der Waals surface area contributed by atoms with Crippen LogP contribution in [0.3, 0.4) is 0 Å². The van der Waals surface area contributed by atoms with Crippen molar-refractivity contribution in [3.05, 3.63) is 30.3 Å². The maximum atomic E-state index is 11.5. The molecule has 0 bridgehead atoms. The summed E-state index contributed by atoms with van der Waals surface area (Å²) in [6.07, 6.45) is 0. The monoisotopic (exact) mass is 244 g/mol. The molecule has 0 aliphatic heterocycles. The number of benzene rings is 1. The Bertz CT molecular complexity index is 458. The van der Waals surface area contributed by atoms with Crippen LogP contribution in [0.4, 0.5) is 0 Å². The molecule has 1 atom stereocenters. The Morgan fingerprint density at radius 1 is 1.31 bits per heavy atom. The molecule has 0 aliphatic rings. The minimum Gasteiger partial charge on any atom is -0.340 e. The lowest BCUT2D eigenvalue weighted by Gasteiger charge is -2.08. The van der Waals surface area contributed by atoms with Gasteiger partial charge in [-0.1, -0.05) is 18.2 Å². The number of rotatable bonds is 4. The van der Waals surface area contributed by atoms with E-state index in [9.17, 15) is 13.2 Å². The zero-order valence-electron chi connectivity index (χ0n) is 8.37. The van der Waals surface area contributed by atoms with Gasteiger partial charge < -0.3 is 15.7 Å². The van der Waals surface area contributed by atoms with Gasteiger partial charge in [0.1, 0.15) is 10.9 Å². The van der Waals surface area contributed by atoms with Crippen molar-refractivity contribution < 1.29 is 17.4 Å². The Balaban J connectivity index is 2.86. The lowest BCUT2D eigenvalue weighted by Crippen LogP contribution is -2.40. The normalized spacial score (nSPS) is 13.1. The van der Waals surface area contributed by atoms with E-state index in [-0.39, 0.29) is 11.4 Å². The average Bonchev–Trinajstić information content (AvgIpc) is 2.28. The van der Waals surface area contributed by atoms with Crippen molar-refractivity contribution >= 4 is 16.1 Å². The van der Waals surface area contributed by atoms with Gasteiger partial charge in [0.2, 0.25) is 0 Å². The molecule has 0 spiro atoms. The van der Waals surface area contributed by atoms with Gasteiger partial charge in [0.05, 0.1) is 0 Å². The van der Waals surface area contributed by atoms with E-state index < -0.39 is 22.1 Å². The molecule has 0 aliphatic carbocycles. The van der Waals surface area contributed by atoms with Crippen molar-refractivity contribution in [3.63, 3.8) is 0 Å². The number of carbonyl (C=O) groups is 1. The van der Waals surface area contributed by atoms with Crippen LogP contribution in [-0.2, 0) is 19.1 Å². The molecule has 88 valence electrons. The summed E-state index contributed by atoms with van der Waals surface area (Å²) in [5.74, 6) is -1.06. The van der Waals surface area contributed by atoms with Gasteiger partial charge >= 0.3 is 16.1 Å². The standard InChI is InChI=1S/C9H12N2O4S/c10-6-8(11)9(12)15-16(13,14)7-4-2-1-3-5-7/h1-5,8H,6,10-11H2. The summed E-state index contributed by atoms with van der Waals surface area (Å²) in [7, 11) is -4.10. The molecule has 0 saturated heterocycles. The highest BCUT2D eigenvalue weighted by Gasteiger charge is 2.23. The first-order valence-corrected chi connectivity index (χ1v) is 5.87. The predicted octanol–water partition coefficient (Wildman–Crippen LogP) is -0.795. The predicted molar refractivity (Wildman–Crippen MR) is 56.7 cm³/mol. The van der Waals surface area contributed by atoms with Gasteiger partial charge in [-0.05, 0) is 12.1 Å². The second kappa shape index (κ2) is 5.06.